The van der Waals surface area contributed by atoms with E-state index in [1.807, 2.05) is 0 Å². The summed E-state index contributed by atoms with van der Waals surface area (Å²) >= 11 is 0. The van der Waals surface area contributed by atoms with Crippen LogP contribution < -0.4 is 10.6 Å². The lowest BCUT2D eigenvalue weighted by Crippen LogP contribution is -2.39. The van der Waals surface area contributed by atoms with Gasteiger partial charge in [-0.05, 0) is 42.9 Å². The van der Waals surface area contributed by atoms with E-state index < -0.39 is 12.6 Å². The molecule has 1 aromatic rings. The van der Waals surface area contributed by atoms with E-state index in [1.54, 1.807) is 12.1 Å². The largest absolute Gasteiger partial charge is 0.393 e. The van der Waals surface area contributed by atoms with Crippen LogP contribution in [-0.2, 0) is 11.2 Å². The van der Waals surface area contributed by atoms with Gasteiger partial charge in [0.25, 0.3) is 0 Å². The molecule has 0 aromatic heterocycles. The molecule has 7 heteroatoms. The average molecular weight is 363 g/mol. The van der Waals surface area contributed by atoms with Gasteiger partial charge in [-0.25, -0.2) is 0 Å². The molecule has 3 atom stereocenters. The van der Waals surface area contributed by atoms with Gasteiger partial charge in [0, 0.05) is 11.7 Å². The molecule has 2 N–H and O–H groups in total. The summed E-state index contributed by atoms with van der Waals surface area (Å²) in [4.78, 5) is 12.4. The second-order valence-corrected chi connectivity index (χ2v) is 6.59. The smallest absolute Gasteiger partial charge is 0.325 e. The molecule has 3 unspecified atom stereocenters. The van der Waals surface area contributed by atoms with Crippen molar-refractivity contribution in [3.05, 3.63) is 29.8 Å². The van der Waals surface area contributed by atoms with Crippen LogP contribution >= 0.6 is 12.4 Å². The maximum absolute atomic E-state index is 12.5. The van der Waals surface area contributed by atoms with E-state index in [2.05, 4.69) is 10.6 Å². The summed E-state index contributed by atoms with van der Waals surface area (Å²) in [5, 5.41) is 6.12. The van der Waals surface area contributed by atoms with Crippen molar-refractivity contribution in [2.75, 3.05) is 5.32 Å². The van der Waals surface area contributed by atoms with Crippen molar-refractivity contribution >= 4 is 24.0 Å². The molecule has 0 radical (unpaired) electrons. The lowest BCUT2D eigenvalue weighted by molar-refractivity contribution is -0.127. The molecule has 1 aliphatic heterocycles. The highest BCUT2D eigenvalue weighted by atomic mass is 35.5. The Morgan fingerprint density at radius 1 is 1.25 bits per heavy atom. The van der Waals surface area contributed by atoms with Gasteiger partial charge in [0.2, 0.25) is 5.91 Å². The Balaban J connectivity index is 0.00000208. The van der Waals surface area contributed by atoms with Gasteiger partial charge >= 0.3 is 6.18 Å². The predicted octanol–water partition coefficient (Wildman–Crippen LogP) is 4.07. The molecule has 0 bridgehead atoms. The molecule has 24 heavy (non-hydrogen) atoms. The van der Waals surface area contributed by atoms with Gasteiger partial charge in [-0.15, -0.1) is 12.4 Å². The predicted molar refractivity (Wildman–Crippen MR) is 89.4 cm³/mol. The first-order valence-corrected chi connectivity index (χ1v) is 8.13. The number of nitrogens with one attached hydrogen (secondary N) is 2. The lowest BCUT2D eigenvalue weighted by atomic mass is 9.85. The van der Waals surface area contributed by atoms with Crippen LogP contribution in [0.1, 0.15) is 37.7 Å². The number of halogens is 4. The third-order valence-corrected chi connectivity index (χ3v) is 4.78. The second-order valence-electron chi connectivity index (χ2n) is 6.59. The van der Waals surface area contributed by atoms with Crippen LogP contribution in [0.3, 0.4) is 0 Å². The molecule has 1 saturated heterocycles. The maximum Gasteiger partial charge on any atom is 0.393 e. The zero-order valence-electron chi connectivity index (χ0n) is 13.2. The van der Waals surface area contributed by atoms with Crippen LogP contribution in [-0.4, -0.2) is 24.2 Å². The third kappa shape index (κ3) is 4.86. The highest BCUT2D eigenvalue weighted by Crippen LogP contribution is 2.33. The van der Waals surface area contributed by atoms with Crippen molar-refractivity contribution in [2.45, 2.75) is 56.8 Å². The van der Waals surface area contributed by atoms with E-state index in [0.717, 1.165) is 19.3 Å². The molecular formula is C17H22ClF3N2O. The molecule has 1 amide bonds. The van der Waals surface area contributed by atoms with Crippen LogP contribution in [0, 0.1) is 5.92 Å². The molecule has 0 spiro atoms. The highest BCUT2D eigenvalue weighted by Gasteiger charge is 2.38. The minimum absolute atomic E-state index is 0. The Kier molecular flexibility index (Phi) is 6.15. The van der Waals surface area contributed by atoms with Crippen LogP contribution in [0.2, 0.25) is 0 Å². The summed E-state index contributed by atoms with van der Waals surface area (Å²) < 4.78 is 37.4. The van der Waals surface area contributed by atoms with Gasteiger partial charge in [0.1, 0.15) is 0 Å². The van der Waals surface area contributed by atoms with Crippen LogP contribution in [0.4, 0.5) is 18.9 Å². The van der Waals surface area contributed by atoms with Crippen molar-refractivity contribution in [3.63, 3.8) is 0 Å². The Labute approximate surface area is 145 Å². The number of carbonyl (C=O) groups excluding carboxylic acids is 1. The number of amides is 1. The number of fused-ring (bicyclic) bond motifs is 1. The van der Waals surface area contributed by atoms with E-state index in [1.165, 1.54) is 25.0 Å². The first kappa shape index (κ1) is 19.1. The third-order valence-electron chi connectivity index (χ3n) is 4.78. The van der Waals surface area contributed by atoms with Gasteiger partial charge in [-0.1, -0.05) is 25.0 Å². The van der Waals surface area contributed by atoms with Crippen molar-refractivity contribution in [2.24, 2.45) is 5.92 Å². The summed E-state index contributed by atoms with van der Waals surface area (Å²) in [6.45, 7) is 0. The van der Waals surface area contributed by atoms with Gasteiger partial charge in [-0.3, -0.25) is 4.79 Å². The van der Waals surface area contributed by atoms with Gasteiger partial charge in [0.15, 0.2) is 0 Å². The summed E-state index contributed by atoms with van der Waals surface area (Å²) in [6, 6.07) is 6.16. The SMILES string of the molecule is Cl.O=C(Nc1cccc(CC(F)(F)F)c1)C1CC2CCCCC2N1. The number of hydrogen-bond acceptors (Lipinski definition) is 2. The molecular weight excluding hydrogens is 341 g/mol. The molecule has 3 rings (SSSR count). The fraction of sp³-hybridized carbons (Fsp3) is 0.588. The van der Waals surface area contributed by atoms with E-state index in [9.17, 15) is 18.0 Å². The fourth-order valence-electron chi connectivity index (χ4n) is 3.74. The summed E-state index contributed by atoms with van der Waals surface area (Å²) in [7, 11) is 0. The highest BCUT2D eigenvalue weighted by molar-refractivity contribution is 5.95. The number of carbonyl (C=O) groups is 1. The molecule has 3 nitrogen and oxygen atoms in total. The van der Waals surface area contributed by atoms with E-state index in [0.29, 0.717) is 17.6 Å². The summed E-state index contributed by atoms with van der Waals surface area (Å²) in [5.74, 6) is 0.402. The molecule has 1 aliphatic carbocycles. The topological polar surface area (TPSA) is 41.1 Å². The van der Waals surface area contributed by atoms with Crippen molar-refractivity contribution < 1.29 is 18.0 Å². The second kappa shape index (κ2) is 7.74. The quantitative estimate of drug-likeness (QED) is 0.851. The Morgan fingerprint density at radius 2 is 2.00 bits per heavy atom. The van der Waals surface area contributed by atoms with Crippen molar-refractivity contribution in [1.82, 2.24) is 5.32 Å². The molecule has 1 heterocycles. The van der Waals surface area contributed by atoms with E-state index in [-0.39, 0.29) is 29.9 Å². The van der Waals surface area contributed by atoms with Crippen molar-refractivity contribution in [3.8, 4) is 0 Å². The number of anilines is 1. The van der Waals surface area contributed by atoms with Gasteiger partial charge in [-0.2, -0.15) is 13.2 Å². The Bertz CT molecular complexity index is 565. The standard InChI is InChI=1S/C17H21F3N2O.ClH/c18-17(19,20)10-11-4-3-6-13(8-11)21-16(23)15-9-12-5-1-2-7-14(12)22-15;/h3-4,6,8,12,14-15,22H,1-2,5,7,9-10H2,(H,21,23);1H. The zero-order chi connectivity index (χ0) is 16.4. The van der Waals surface area contributed by atoms with Crippen LogP contribution in [0.25, 0.3) is 0 Å². The Hall–Kier alpha value is -1.27. The average Bonchev–Trinajstić information content (AvgIpc) is 2.90. The monoisotopic (exact) mass is 362 g/mol. The number of alkyl halides is 3. The van der Waals surface area contributed by atoms with E-state index >= 15 is 0 Å². The zero-order valence-corrected chi connectivity index (χ0v) is 14.1. The maximum atomic E-state index is 12.5. The van der Waals surface area contributed by atoms with Crippen LogP contribution in [0.15, 0.2) is 24.3 Å². The summed E-state index contributed by atoms with van der Waals surface area (Å²) in [5.41, 5.74) is 0.580. The fourth-order valence-corrected chi connectivity index (χ4v) is 3.74. The molecule has 2 aliphatic rings. The number of benzene rings is 1. The first-order chi connectivity index (χ1) is 10.9. The number of rotatable bonds is 3. The normalized spacial score (nSPS) is 26.4. The number of hydrogen-bond donors (Lipinski definition) is 2. The molecule has 2 fully saturated rings. The molecule has 1 saturated carbocycles. The Morgan fingerprint density at radius 3 is 2.71 bits per heavy atom. The van der Waals surface area contributed by atoms with Crippen LogP contribution in [0.5, 0.6) is 0 Å². The summed E-state index contributed by atoms with van der Waals surface area (Å²) in [6.07, 6.45) is 0.267. The van der Waals surface area contributed by atoms with Gasteiger partial charge < -0.3 is 10.6 Å². The first-order valence-electron chi connectivity index (χ1n) is 8.13. The minimum atomic E-state index is -4.24. The van der Waals surface area contributed by atoms with E-state index in [4.69, 9.17) is 0 Å². The van der Waals surface area contributed by atoms with Gasteiger partial charge in [0.05, 0.1) is 12.5 Å². The minimum Gasteiger partial charge on any atom is -0.325 e. The lowest BCUT2D eigenvalue weighted by Gasteiger charge is -2.24. The van der Waals surface area contributed by atoms with Crippen molar-refractivity contribution in [1.29, 1.82) is 0 Å². The molecule has 134 valence electrons. The molecule has 1 aromatic carbocycles.